The minimum atomic E-state index is -1.41. The topological polar surface area (TPSA) is 55.6 Å². The van der Waals surface area contributed by atoms with Gasteiger partial charge in [0, 0.05) is 53.8 Å². The molecule has 1 aliphatic carbocycles. The number of rotatable bonds is 7. The van der Waals surface area contributed by atoms with Gasteiger partial charge in [-0.05, 0) is 122 Å². The quantitative estimate of drug-likeness (QED) is 0.152. The average Bonchev–Trinajstić information content (AvgIpc) is 3.81. The summed E-state index contributed by atoms with van der Waals surface area (Å²) in [5, 5.41) is 15.2. The zero-order valence-electron chi connectivity index (χ0n) is 31.3. The Kier molecular flexibility index (Phi) is 8.32. The Bertz CT molecular complexity index is 3290. The molecule has 0 aliphatic heterocycles. The first-order valence-corrected chi connectivity index (χ1v) is 20.2. The summed E-state index contributed by atoms with van der Waals surface area (Å²) in [7, 11) is -1.41. The van der Waals surface area contributed by atoms with Gasteiger partial charge in [0.05, 0.1) is 55.7 Å². The molecule has 3 aromatic heterocycles. The highest BCUT2D eigenvalue weighted by molar-refractivity contribution is 7.85. The van der Waals surface area contributed by atoms with E-state index in [1.807, 2.05) is 31.2 Å². The third-order valence-corrected chi connectivity index (χ3v) is 12.5. The van der Waals surface area contributed by atoms with E-state index in [4.69, 9.17) is 0 Å². The maximum atomic E-state index is 13.8. The minimum absolute atomic E-state index is 0.541. The van der Waals surface area contributed by atoms with Crippen molar-refractivity contribution in [3.63, 3.8) is 0 Å². The Balaban J connectivity index is 1.35. The van der Waals surface area contributed by atoms with E-state index in [9.17, 15) is 9.47 Å². The molecule has 0 saturated heterocycles. The van der Waals surface area contributed by atoms with Crippen molar-refractivity contribution in [2.45, 2.75) is 23.1 Å². The first kappa shape index (κ1) is 34.3. The Morgan fingerprint density at radius 1 is 0.702 bits per heavy atom. The van der Waals surface area contributed by atoms with Crippen LogP contribution in [0.15, 0.2) is 186 Å². The number of fused-ring (bicyclic) bond motifs is 11. The molecule has 1 aliphatic rings. The number of benzene rings is 6. The molecule has 1 unspecified atom stereocenters. The van der Waals surface area contributed by atoms with Crippen LogP contribution in [0.25, 0.3) is 77.7 Å². The summed E-state index contributed by atoms with van der Waals surface area (Å²) in [6.07, 6.45) is 17.7. The molecule has 0 fully saturated rings. The highest BCUT2D eigenvalue weighted by Crippen LogP contribution is 2.46. The average molecular weight is 753 g/mol. The fourth-order valence-corrected chi connectivity index (χ4v) is 9.67. The van der Waals surface area contributed by atoms with Crippen LogP contribution in [0.2, 0.25) is 0 Å². The van der Waals surface area contributed by atoms with Gasteiger partial charge in [-0.2, -0.15) is 5.26 Å². The summed E-state index contributed by atoms with van der Waals surface area (Å²) in [5.41, 5.74) is 11.6. The maximum Gasteiger partial charge on any atom is 0.0991 e. The van der Waals surface area contributed by atoms with Crippen molar-refractivity contribution in [1.29, 1.82) is 5.26 Å². The SMILES string of the molecule is C=C/C(=C\C=C/C)n1c2ccccc2c2ccc3c(c4ccc5c(c6c(n5-c5ccccc5)C=CC=CC6)c4n3-c3ccc(S(=O)c4ccc(C#N)cc4)cc3)c21. The van der Waals surface area contributed by atoms with E-state index < -0.39 is 10.8 Å². The summed E-state index contributed by atoms with van der Waals surface area (Å²) in [4.78, 5) is 1.35. The van der Waals surface area contributed by atoms with E-state index >= 15 is 0 Å². The second kappa shape index (κ2) is 13.8. The lowest BCUT2D eigenvalue weighted by Crippen LogP contribution is -1.98. The van der Waals surface area contributed by atoms with Crippen LogP contribution in [-0.2, 0) is 17.2 Å². The summed E-state index contributed by atoms with van der Waals surface area (Å²) in [6.45, 7) is 6.31. The summed E-state index contributed by atoms with van der Waals surface area (Å²) in [5.74, 6) is 0. The van der Waals surface area contributed by atoms with E-state index in [0.29, 0.717) is 15.4 Å². The molecular weight excluding hydrogens is 717 g/mol. The van der Waals surface area contributed by atoms with Gasteiger partial charge in [0.15, 0.2) is 0 Å². The molecule has 57 heavy (non-hydrogen) atoms. The zero-order valence-corrected chi connectivity index (χ0v) is 32.1. The van der Waals surface area contributed by atoms with Crippen molar-refractivity contribution in [3.05, 3.63) is 193 Å². The van der Waals surface area contributed by atoms with Gasteiger partial charge < -0.3 is 13.7 Å². The van der Waals surface area contributed by atoms with Gasteiger partial charge in [-0.3, -0.25) is 0 Å². The molecule has 0 spiro atoms. The predicted molar refractivity (Wildman–Crippen MR) is 238 cm³/mol. The van der Waals surface area contributed by atoms with Crippen molar-refractivity contribution in [2.75, 3.05) is 0 Å². The molecule has 0 bridgehead atoms. The number of hydrogen-bond acceptors (Lipinski definition) is 2. The van der Waals surface area contributed by atoms with Gasteiger partial charge in [0.2, 0.25) is 0 Å². The van der Waals surface area contributed by atoms with Crippen molar-refractivity contribution >= 4 is 77.1 Å². The van der Waals surface area contributed by atoms with Crippen LogP contribution < -0.4 is 0 Å². The third-order valence-electron chi connectivity index (χ3n) is 11.1. The van der Waals surface area contributed by atoms with E-state index in [1.54, 1.807) is 24.3 Å². The summed E-state index contributed by atoms with van der Waals surface area (Å²) in [6, 6.07) is 45.5. The largest absolute Gasteiger partial charge is 0.309 e. The van der Waals surface area contributed by atoms with Gasteiger partial charge in [0.1, 0.15) is 0 Å². The highest BCUT2D eigenvalue weighted by Gasteiger charge is 2.26. The lowest BCUT2D eigenvalue weighted by Gasteiger charge is -2.12. The van der Waals surface area contributed by atoms with Crippen molar-refractivity contribution < 1.29 is 4.21 Å². The van der Waals surface area contributed by atoms with Gasteiger partial charge in [-0.25, -0.2) is 4.21 Å². The number of aromatic nitrogens is 3. The van der Waals surface area contributed by atoms with Crippen LogP contribution >= 0.6 is 0 Å². The second-order valence-electron chi connectivity index (χ2n) is 14.1. The fraction of sp³-hybridized carbons (Fsp3) is 0.0392. The number of nitrogens with zero attached hydrogens (tertiary/aromatic N) is 4. The summed E-state index contributed by atoms with van der Waals surface area (Å²) >= 11 is 0. The van der Waals surface area contributed by atoms with Crippen LogP contribution in [-0.4, -0.2) is 17.9 Å². The highest BCUT2D eigenvalue weighted by atomic mass is 32.2. The molecule has 272 valence electrons. The van der Waals surface area contributed by atoms with Gasteiger partial charge in [-0.1, -0.05) is 79.4 Å². The van der Waals surface area contributed by atoms with E-state index in [-0.39, 0.29) is 0 Å². The molecule has 0 N–H and O–H groups in total. The zero-order chi connectivity index (χ0) is 38.6. The minimum Gasteiger partial charge on any atom is -0.309 e. The standard InChI is InChI=1S/C51H36N4OS/c1-3-5-14-35(4-2)54-44-20-13-12-17-40(44)41-29-31-47-49(50(41)54)43-30-32-46-48(42-18-10-7-11-19-45(42)53(46)36-15-8-6-9-16-36)51(43)55(47)37-23-27-39(28-24-37)57(56)38-25-21-34(33-52)22-26-38/h3-17,19-32H,2,18H2,1H3/b5-3-,35-14+. The number of nitriles is 1. The molecule has 9 aromatic rings. The molecule has 0 amide bonds. The molecule has 0 radical (unpaired) electrons. The molecule has 5 nitrogen and oxygen atoms in total. The van der Waals surface area contributed by atoms with Crippen molar-refractivity contribution in [2.24, 2.45) is 0 Å². The normalized spacial score (nSPS) is 13.6. The van der Waals surface area contributed by atoms with E-state index in [1.165, 1.54) is 27.4 Å². The Morgan fingerprint density at radius 2 is 1.39 bits per heavy atom. The third kappa shape index (κ3) is 5.32. The van der Waals surface area contributed by atoms with Gasteiger partial charge >= 0.3 is 0 Å². The molecular formula is C51H36N4OS. The maximum absolute atomic E-state index is 13.8. The van der Waals surface area contributed by atoms with Crippen LogP contribution in [0.4, 0.5) is 0 Å². The smallest absolute Gasteiger partial charge is 0.0991 e. The molecule has 0 saturated carbocycles. The van der Waals surface area contributed by atoms with Gasteiger partial charge in [-0.15, -0.1) is 0 Å². The van der Waals surface area contributed by atoms with Crippen LogP contribution in [0, 0.1) is 11.3 Å². The van der Waals surface area contributed by atoms with Crippen molar-refractivity contribution in [1.82, 2.24) is 13.7 Å². The Hall–Kier alpha value is -7.20. The molecule has 6 heteroatoms. The van der Waals surface area contributed by atoms with Crippen LogP contribution in [0.1, 0.15) is 23.7 Å². The number of allylic oxidation sites excluding steroid dienone is 8. The number of para-hydroxylation sites is 2. The Morgan fingerprint density at radius 3 is 2.12 bits per heavy atom. The molecule has 1 atom stereocenters. The first-order chi connectivity index (χ1) is 28.1. The van der Waals surface area contributed by atoms with Crippen molar-refractivity contribution in [3.8, 4) is 17.4 Å². The molecule has 6 aromatic carbocycles. The summed E-state index contributed by atoms with van der Waals surface area (Å²) < 4.78 is 20.9. The first-order valence-electron chi connectivity index (χ1n) is 19.0. The van der Waals surface area contributed by atoms with Crippen LogP contribution in [0.5, 0.6) is 0 Å². The fourth-order valence-electron chi connectivity index (χ4n) is 8.63. The monoisotopic (exact) mass is 752 g/mol. The van der Waals surface area contributed by atoms with Crippen LogP contribution in [0.3, 0.4) is 0 Å². The molecule has 10 rings (SSSR count). The number of hydrogen-bond donors (Lipinski definition) is 0. The van der Waals surface area contributed by atoms with Gasteiger partial charge in [0.25, 0.3) is 0 Å². The Labute approximate surface area is 332 Å². The predicted octanol–water partition coefficient (Wildman–Crippen LogP) is 12.6. The molecule has 3 heterocycles. The second-order valence-corrected chi connectivity index (χ2v) is 15.6. The lowest BCUT2D eigenvalue weighted by atomic mass is 10.0. The lowest BCUT2D eigenvalue weighted by molar-refractivity contribution is 0.683. The van der Waals surface area contributed by atoms with E-state index in [2.05, 4.69) is 154 Å². The van der Waals surface area contributed by atoms with E-state index in [0.717, 1.165) is 61.8 Å².